The normalized spacial score (nSPS) is 28.6. The van der Waals surface area contributed by atoms with Crippen LogP contribution in [-0.4, -0.2) is 48.2 Å². The predicted molar refractivity (Wildman–Crippen MR) is 89.2 cm³/mol. The fourth-order valence-electron chi connectivity index (χ4n) is 2.46. The van der Waals surface area contributed by atoms with Crippen molar-refractivity contribution < 1.29 is 18.6 Å². The topological polar surface area (TPSA) is 40.2 Å². The zero-order valence-electron chi connectivity index (χ0n) is 15.6. The molecule has 0 aromatic carbocycles. The fourth-order valence-corrected chi connectivity index (χ4v) is 2.46. The number of hydrogen-bond acceptors (Lipinski definition) is 5. The standard InChI is InChI=1S/C15H31B2NO4/c1-10-11-18(16-19-12(2,3)13(4,5)20-16)17-21-14(6,7)15(8,9)22-17/h10-11H2,1-9H3. The smallest absolute Gasteiger partial charge is 0.390 e. The zero-order valence-corrected chi connectivity index (χ0v) is 15.6. The lowest BCUT2D eigenvalue weighted by molar-refractivity contribution is 0.00578. The predicted octanol–water partition coefficient (Wildman–Crippen LogP) is 2.88. The maximum absolute atomic E-state index is 6.17. The molecule has 0 amide bonds. The molecule has 0 N–H and O–H groups in total. The molecule has 0 unspecified atom stereocenters. The minimum absolute atomic E-state index is 0.368. The molecule has 2 aliphatic rings. The van der Waals surface area contributed by atoms with Crippen LogP contribution < -0.4 is 0 Å². The Balaban J connectivity index is 2.19. The van der Waals surface area contributed by atoms with E-state index in [2.05, 4.69) is 62.3 Å². The molecule has 5 nitrogen and oxygen atoms in total. The largest absolute Gasteiger partial charge is 0.551 e. The van der Waals surface area contributed by atoms with Gasteiger partial charge in [0, 0.05) is 0 Å². The molecule has 2 heterocycles. The maximum atomic E-state index is 6.17. The summed E-state index contributed by atoms with van der Waals surface area (Å²) in [5.41, 5.74) is -1.47. The zero-order chi connectivity index (χ0) is 17.0. The summed E-state index contributed by atoms with van der Waals surface area (Å²) in [5, 5.41) is 0. The first kappa shape index (κ1) is 18.3. The summed E-state index contributed by atoms with van der Waals surface area (Å²) in [4.78, 5) is 0. The van der Waals surface area contributed by atoms with Gasteiger partial charge in [-0.05, 0) is 68.4 Å². The molecule has 0 aromatic rings. The van der Waals surface area contributed by atoms with Crippen LogP contribution in [0.1, 0.15) is 68.7 Å². The van der Waals surface area contributed by atoms with Gasteiger partial charge in [0.15, 0.2) is 0 Å². The highest BCUT2D eigenvalue weighted by molar-refractivity contribution is 6.60. The molecular weight excluding hydrogens is 280 g/mol. The molecule has 22 heavy (non-hydrogen) atoms. The Bertz CT molecular complexity index is 358. The van der Waals surface area contributed by atoms with Crippen molar-refractivity contribution in [3.63, 3.8) is 0 Å². The van der Waals surface area contributed by atoms with Crippen molar-refractivity contribution in [2.45, 2.75) is 91.1 Å². The van der Waals surface area contributed by atoms with Gasteiger partial charge in [-0.15, -0.1) is 0 Å². The van der Waals surface area contributed by atoms with Gasteiger partial charge in [-0.25, -0.2) is 0 Å². The number of nitrogens with zero attached hydrogens (tertiary/aromatic N) is 1. The van der Waals surface area contributed by atoms with Crippen LogP contribution in [0.4, 0.5) is 0 Å². The van der Waals surface area contributed by atoms with E-state index in [1.54, 1.807) is 0 Å². The molecule has 2 aliphatic heterocycles. The van der Waals surface area contributed by atoms with Crippen molar-refractivity contribution in [1.29, 1.82) is 0 Å². The first-order valence-corrected chi connectivity index (χ1v) is 8.30. The van der Waals surface area contributed by atoms with Crippen molar-refractivity contribution >= 4 is 14.5 Å². The van der Waals surface area contributed by atoms with Crippen LogP contribution >= 0.6 is 0 Å². The second-order valence-electron chi connectivity index (χ2n) is 8.36. The average Bonchev–Trinajstić information content (AvgIpc) is 2.65. The molecule has 2 rings (SSSR count). The Morgan fingerprint density at radius 1 is 0.636 bits per heavy atom. The van der Waals surface area contributed by atoms with Gasteiger partial charge in [0.25, 0.3) is 0 Å². The molecule has 7 heteroatoms. The van der Waals surface area contributed by atoms with Crippen LogP contribution in [0.5, 0.6) is 0 Å². The molecule has 0 aromatic heterocycles. The number of rotatable bonds is 4. The van der Waals surface area contributed by atoms with E-state index in [4.69, 9.17) is 18.6 Å². The number of hydrogen-bond donors (Lipinski definition) is 0. The van der Waals surface area contributed by atoms with E-state index >= 15 is 0 Å². The Morgan fingerprint density at radius 2 is 0.909 bits per heavy atom. The molecule has 126 valence electrons. The van der Waals surface area contributed by atoms with Crippen molar-refractivity contribution in [2.75, 3.05) is 6.54 Å². The lowest BCUT2D eigenvalue weighted by Gasteiger charge is -2.32. The summed E-state index contributed by atoms with van der Waals surface area (Å²) in [5.74, 6) is 0. The minimum atomic E-state index is -0.459. The average molecular weight is 311 g/mol. The van der Waals surface area contributed by atoms with Crippen molar-refractivity contribution in [3.8, 4) is 0 Å². The second-order valence-corrected chi connectivity index (χ2v) is 8.36. The molecule has 0 atom stereocenters. The Labute approximate surface area is 136 Å². The van der Waals surface area contributed by atoms with E-state index in [0.717, 1.165) is 13.0 Å². The Kier molecular flexibility index (Phi) is 4.56. The van der Waals surface area contributed by atoms with Gasteiger partial charge in [-0.3, -0.25) is 4.72 Å². The van der Waals surface area contributed by atoms with Crippen LogP contribution in [0.3, 0.4) is 0 Å². The van der Waals surface area contributed by atoms with Crippen molar-refractivity contribution in [1.82, 2.24) is 4.72 Å². The molecule has 2 saturated heterocycles. The Hall–Kier alpha value is -0.0701. The maximum Gasteiger partial charge on any atom is 0.551 e. The fraction of sp³-hybridized carbons (Fsp3) is 1.00. The SMILES string of the molecule is CCCN(B1OC(C)(C)C(C)(C)O1)B1OC(C)(C)C(C)(C)O1. The first-order valence-electron chi connectivity index (χ1n) is 8.30. The third-order valence-corrected chi connectivity index (χ3v) is 5.50. The summed E-state index contributed by atoms with van der Waals surface area (Å²) in [6.07, 6.45) is 0.966. The summed E-state index contributed by atoms with van der Waals surface area (Å²) in [6, 6.07) is 0. The monoisotopic (exact) mass is 311 g/mol. The van der Waals surface area contributed by atoms with Crippen LogP contribution in [0.2, 0.25) is 0 Å². The van der Waals surface area contributed by atoms with Gasteiger partial charge in [-0.2, -0.15) is 0 Å². The summed E-state index contributed by atoms with van der Waals surface area (Å²) < 4.78 is 26.7. The quantitative estimate of drug-likeness (QED) is 0.747. The van der Waals surface area contributed by atoms with Crippen LogP contribution in [0.25, 0.3) is 0 Å². The summed E-state index contributed by atoms with van der Waals surface area (Å²) in [7, 11) is -0.917. The van der Waals surface area contributed by atoms with Gasteiger partial charge < -0.3 is 18.6 Å². The molecule has 0 saturated carbocycles. The van der Waals surface area contributed by atoms with Gasteiger partial charge in [0.05, 0.1) is 22.4 Å². The first-order chi connectivity index (χ1) is 9.83. The molecule has 0 aliphatic carbocycles. The van der Waals surface area contributed by atoms with Crippen LogP contribution in [-0.2, 0) is 18.6 Å². The molecule has 0 spiro atoms. The van der Waals surface area contributed by atoms with Crippen molar-refractivity contribution in [2.24, 2.45) is 0 Å². The summed E-state index contributed by atoms with van der Waals surface area (Å²) in [6.45, 7) is 19.4. The highest BCUT2D eigenvalue weighted by Gasteiger charge is 2.61. The second kappa shape index (κ2) is 5.49. The third-order valence-electron chi connectivity index (χ3n) is 5.50. The summed E-state index contributed by atoms with van der Waals surface area (Å²) >= 11 is 0. The highest BCUT2D eigenvalue weighted by Crippen LogP contribution is 2.41. The van der Waals surface area contributed by atoms with E-state index < -0.39 is 14.5 Å². The highest BCUT2D eigenvalue weighted by atomic mass is 16.7. The van der Waals surface area contributed by atoms with E-state index in [1.807, 2.05) is 4.72 Å². The lowest BCUT2D eigenvalue weighted by atomic mass is 9.88. The molecule has 0 bridgehead atoms. The Morgan fingerprint density at radius 3 is 1.14 bits per heavy atom. The van der Waals surface area contributed by atoms with E-state index in [1.165, 1.54) is 0 Å². The minimum Gasteiger partial charge on any atom is -0.390 e. The van der Waals surface area contributed by atoms with Gasteiger partial charge >= 0.3 is 14.5 Å². The van der Waals surface area contributed by atoms with E-state index in [9.17, 15) is 0 Å². The van der Waals surface area contributed by atoms with Crippen LogP contribution in [0, 0.1) is 0 Å². The molecule has 0 radical (unpaired) electrons. The molecule has 2 fully saturated rings. The van der Waals surface area contributed by atoms with E-state index in [-0.39, 0.29) is 22.4 Å². The van der Waals surface area contributed by atoms with Gasteiger partial charge in [0.1, 0.15) is 0 Å². The van der Waals surface area contributed by atoms with Crippen LogP contribution in [0.15, 0.2) is 0 Å². The molecular formula is C15H31B2NO4. The third kappa shape index (κ3) is 2.98. The van der Waals surface area contributed by atoms with Crippen molar-refractivity contribution in [3.05, 3.63) is 0 Å². The van der Waals surface area contributed by atoms with Gasteiger partial charge in [-0.1, -0.05) is 6.92 Å². The van der Waals surface area contributed by atoms with E-state index in [0.29, 0.717) is 0 Å². The van der Waals surface area contributed by atoms with Gasteiger partial charge in [0.2, 0.25) is 0 Å². The lowest BCUT2D eigenvalue weighted by Crippen LogP contribution is -2.53.